The fourth-order valence-corrected chi connectivity index (χ4v) is 2.92. The highest BCUT2D eigenvalue weighted by Crippen LogP contribution is 2.27. The molecule has 1 unspecified atom stereocenters. The number of aliphatic hydroxyl groups excluding tert-OH is 1. The zero-order chi connectivity index (χ0) is 13.0. The fourth-order valence-electron chi connectivity index (χ4n) is 2.15. The molecule has 18 heavy (non-hydrogen) atoms. The molecule has 0 saturated heterocycles. The highest BCUT2D eigenvalue weighted by molar-refractivity contribution is 8.00. The number of nitrogens with one attached hydrogen (secondary N) is 1. The molecule has 1 aromatic rings. The number of rotatable bonds is 5. The van der Waals surface area contributed by atoms with Gasteiger partial charge in [0.25, 0.3) is 0 Å². The highest BCUT2D eigenvalue weighted by atomic mass is 32.2. The zero-order valence-corrected chi connectivity index (χ0v) is 11.4. The number of hydrogen-bond donors (Lipinski definition) is 2. The van der Waals surface area contributed by atoms with Gasteiger partial charge in [0.05, 0.1) is 12.4 Å². The summed E-state index contributed by atoms with van der Waals surface area (Å²) in [5, 5.41) is 11.6. The van der Waals surface area contributed by atoms with Crippen LogP contribution in [0, 0.1) is 0 Å². The number of thioether (sulfide) groups is 1. The Hall–Kier alpha value is -1.00. The van der Waals surface area contributed by atoms with Crippen molar-refractivity contribution >= 4 is 17.7 Å². The maximum Gasteiger partial charge on any atom is 0.230 e. The minimum absolute atomic E-state index is 0.0186. The van der Waals surface area contributed by atoms with Gasteiger partial charge in [-0.2, -0.15) is 0 Å². The molecule has 0 aromatic heterocycles. The van der Waals surface area contributed by atoms with Crippen LogP contribution in [0.4, 0.5) is 0 Å². The first-order valence-corrected chi connectivity index (χ1v) is 7.32. The zero-order valence-electron chi connectivity index (χ0n) is 10.6. The Kier molecular flexibility index (Phi) is 4.66. The van der Waals surface area contributed by atoms with Crippen molar-refractivity contribution in [2.24, 2.45) is 0 Å². The van der Waals surface area contributed by atoms with Gasteiger partial charge >= 0.3 is 0 Å². The van der Waals surface area contributed by atoms with E-state index in [-0.39, 0.29) is 18.6 Å². The normalized spacial score (nSPS) is 15.2. The van der Waals surface area contributed by atoms with Crippen LogP contribution in [-0.2, 0) is 17.6 Å². The minimum Gasteiger partial charge on any atom is -0.394 e. The van der Waals surface area contributed by atoms with Crippen LogP contribution in [0.2, 0.25) is 0 Å². The second kappa shape index (κ2) is 6.25. The molecule has 1 amide bonds. The van der Waals surface area contributed by atoms with Gasteiger partial charge in [0.15, 0.2) is 0 Å². The van der Waals surface area contributed by atoms with Crippen molar-refractivity contribution < 1.29 is 9.90 Å². The Balaban J connectivity index is 1.85. The number of fused-ring (bicyclic) bond motifs is 1. The van der Waals surface area contributed by atoms with Gasteiger partial charge in [-0.25, -0.2) is 0 Å². The fraction of sp³-hybridized carbons (Fsp3) is 0.500. The Morgan fingerprint density at radius 3 is 3.00 bits per heavy atom. The highest BCUT2D eigenvalue weighted by Gasteiger charge is 2.12. The van der Waals surface area contributed by atoms with Gasteiger partial charge in [0.2, 0.25) is 5.91 Å². The van der Waals surface area contributed by atoms with Crippen LogP contribution in [0.3, 0.4) is 0 Å². The first-order chi connectivity index (χ1) is 8.69. The van der Waals surface area contributed by atoms with E-state index in [0.29, 0.717) is 5.75 Å². The van der Waals surface area contributed by atoms with Crippen LogP contribution in [0.5, 0.6) is 0 Å². The third-order valence-corrected chi connectivity index (χ3v) is 4.11. The number of carbonyl (C=O) groups excluding carboxylic acids is 1. The summed E-state index contributed by atoms with van der Waals surface area (Å²) in [6.45, 7) is 1.77. The average Bonchev–Trinajstić information content (AvgIpc) is 2.83. The number of aliphatic hydroxyl groups is 1. The molecule has 0 fully saturated rings. The lowest BCUT2D eigenvalue weighted by Crippen LogP contribution is -2.36. The molecule has 0 aliphatic heterocycles. The number of amides is 1. The van der Waals surface area contributed by atoms with E-state index in [1.54, 1.807) is 18.7 Å². The largest absolute Gasteiger partial charge is 0.394 e. The summed E-state index contributed by atoms with van der Waals surface area (Å²) in [6.07, 6.45) is 3.60. The molecular formula is C14H19NO2S. The number of hydrogen-bond acceptors (Lipinski definition) is 3. The molecule has 0 radical (unpaired) electrons. The summed E-state index contributed by atoms with van der Waals surface area (Å²) in [4.78, 5) is 12.7. The van der Waals surface area contributed by atoms with Crippen LogP contribution in [0.25, 0.3) is 0 Å². The molecular weight excluding hydrogens is 246 g/mol. The second-order valence-electron chi connectivity index (χ2n) is 4.72. The molecule has 0 bridgehead atoms. The maximum atomic E-state index is 11.6. The van der Waals surface area contributed by atoms with Gasteiger partial charge < -0.3 is 10.4 Å². The van der Waals surface area contributed by atoms with E-state index in [1.165, 1.54) is 24.0 Å². The predicted molar refractivity (Wildman–Crippen MR) is 73.9 cm³/mol. The third-order valence-electron chi connectivity index (χ3n) is 3.12. The topological polar surface area (TPSA) is 49.3 Å². The summed E-state index contributed by atoms with van der Waals surface area (Å²) in [7, 11) is 0. The van der Waals surface area contributed by atoms with Crippen molar-refractivity contribution in [3.63, 3.8) is 0 Å². The Morgan fingerprint density at radius 1 is 1.44 bits per heavy atom. The number of aryl methyl sites for hydroxylation is 2. The van der Waals surface area contributed by atoms with Crippen molar-refractivity contribution in [2.45, 2.75) is 37.1 Å². The van der Waals surface area contributed by atoms with E-state index in [1.807, 2.05) is 0 Å². The van der Waals surface area contributed by atoms with Crippen LogP contribution in [-0.4, -0.2) is 29.4 Å². The van der Waals surface area contributed by atoms with Crippen molar-refractivity contribution in [1.82, 2.24) is 5.32 Å². The molecule has 2 rings (SSSR count). The minimum atomic E-state index is -0.168. The predicted octanol–water partition coefficient (Wildman–Crippen LogP) is 1.76. The van der Waals surface area contributed by atoms with E-state index >= 15 is 0 Å². The van der Waals surface area contributed by atoms with E-state index in [2.05, 4.69) is 23.5 Å². The molecule has 0 spiro atoms. The molecule has 98 valence electrons. The Bertz CT molecular complexity index is 434. The lowest BCUT2D eigenvalue weighted by molar-refractivity contribution is -0.119. The van der Waals surface area contributed by atoms with Crippen molar-refractivity contribution in [3.8, 4) is 0 Å². The van der Waals surface area contributed by atoms with Gasteiger partial charge in [-0.05, 0) is 49.4 Å². The standard InChI is InChI=1S/C14H19NO2S/c1-10(8-16)15-14(17)9-18-13-6-5-11-3-2-4-12(11)7-13/h5-7,10,16H,2-4,8-9H2,1H3,(H,15,17). The quantitative estimate of drug-likeness (QED) is 0.798. The van der Waals surface area contributed by atoms with E-state index in [0.717, 1.165) is 11.3 Å². The van der Waals surface area contributed by atoms with Gasteiger partial charge in [-0.15, -0.1) is 11.8 Å². The second-order valence-corrected chi connectivity index (χ2v) is 5.77. The van der Waals surface area contributed by atoms with Crippen LogP contribution < -0.4 is 5.32 Å². The van der Waals surface area contributed by atoms with Gasteiger partial charge in [0.1, 0.15) is 0 Å². The van der Waals surface area contributed by atoms with E-state index < -0.39 is 0 Å². The van der Waals surface area contributed by atoms with Gasteiger partial charge in [0, 0.05) is 10.9 Å². The molecule has 1 aliphatic rings. The van der Waals surface area contributed by atoms with E-state index in [9.17, 15) is 4.79 Å². The molecule has 1 aliphatic carbocycles. The summed E-state index contributed by atoms with van der Waals surface area (Å²) in [5.41, 5.74) is 2.89. The molecule has 1 atom stereocenters. The van der Waals surface area contributed by atoms with Crippen molar-refractivity contribution in [3.05, 3.63) is 29.3 Å². The number of benzene rings is 1. The van der Waals surface area contributed by atoms with Crippen molar-refractivity contribution in [1.29, 1.82) is 0 Å². The third kappa shape index (κ3) is 3.50. The average molecular weight is 265 g/mol. The lowest BCUT2D eigenvalue weighted by atomic mass is 10.1. The molecule has 0 saturated carbocycles. The monoisotopic (exact) mass is 265 g/mol. The summed E-state index contributed by atoms with van der Waals surface area (Å²) in [6, 6.07) is 6.31. The van der Waals surface area contributed by atoms with Crippen LogP contribution in [0.15, 0.2) is 23.1 Å². The SMILES string of the molecule is CC(CO)NC(=O)CSc1ccc2c(c1)CCC2. The Morgan fingerprint density at radius 2 is 2.22 bits per heavy atom. The maximum absolute atomic E-state index is 11.6. The smallest absolute Gasteiger partial charge is 0.230 e. The Labute approximate surface area is 112 Å². The first-order valence-electron chi connectivity index (χ1n) is 6.34. The lowest BCUT2D eigenvalue weighted by Gasteiger charge is -2.10. The number of carbonyl (C=O) groups is 1. The van der Waals surface area contributed by atoms with Crippen molar-refractivity contribution in [2.75, 3.05) is 12.4 Å². The van der Waals surface area contributed by atoms with Gasteiger partial charge in [-0.1, -0.05) is 6.07 Å². The molecule has 3 nitrogen and oxygen atoms in total. The molecule has 0 heterocycles. The summed E-state index contributed by atoms with van der Waals surface area (Å²) < 4.78 is 0. The summed E-state index contributed by atoms with van der Waals surface area (Å²) in [5.74, 6) is 0.380. The van der Waals surface area contributed by atoms with Crippen LogP contribution in [0.1, 0.15) is 24.5 Å². The van der Waals surface area contributed by atoms with E-state index in [4.69, 9.17) is 5.11 Å². The van der Waals surface area contributed by atoms with Gasteiger partial charge in [-0.3, -0.25) is 4.79 Å². The molecule has 2 N–H and O–H groups in total. The first kappa shape index (κ1) is 13.4. The molecule has 4 heteroatoms. The van der Waals surface area contributed by atoms with Crippen LogP contribution >= 0.6 is 11.8 Å². The molecule has 1 aromatic carbocycles. The summed E-state index contributed by atoms with van der Waals surface area (Å²) >= 11 is 1.55.